The Bertz CT molecular complexity index is 636. The molecule has 0 saturated heterocycles. The van der Waals surface area contributed by atoms with Crippen LogP contribution in [0.15, 0.2) is 42.5 Å². The normalized spacial score (nSPS) is 12.2. The molecule has 1 heterocycles. The summed E-state index contributed by atoms with van der Waals surface area (Å²) in [7, 11) is 0. The van der Waals surface area contributed by atoms with Gasteiger partial charge in [-0.2, -0.15) is 0 Å². The number of phenolic OH excluding ortho intramolecular Hbond substituents is 1. The summed E-state index contributed by atoms with van der Waals surface area (Å²) in [5, 5.41) is 9.81. The lowest BCUT2D eigenvalue weighted by Gasteiger charge is -2.07. The fourth-order valence-corrected chi connectivity index (χ4v) is 1.90. The second kappa shape index (κ2) is 5.13. The minimum absolute atomic E-state index is 0.0604. The lowest BCUT2D eigenvalue weighted by molar-refractivity contribution is 0.0469. The SMILES string of the molecule is O=C(OCc1ccccc1)c1cc2c(cc1O)OCO2. The van der Waals surface area contributed by atoms with Gasteiger partial charge in [0.25, 0.3) is 0 Å². The topological polar surface area (TPSA) is 65.0 Å². The van der Waals surface area contributed by atoms with E-state index in [1.807, 2.05) is 30.3 Å². The van der Waals surface area contributed by atoms with Crippen LogP contribution < -0.4 is 9.47 Å². The maximum Gasteiger partial charge on any atom is 0.342 e. The molecule has 3 rings (SSSR count). The molecule has 2 aromatic rings. The summed E-state index contributed by atoms with van der Waals surface area (Å²) in [6.45, 7) is 0.227. The molecular weight excluding hydrogens is 260 g/mol. The van der Waals surface area contributed by atoms with Crippen molar-refractivity contribution in [2.75, 3.05) is 6.79 Å². The van der Waals surface area contributed by atoms with Gasteiger partial charge in [-0.05, 0) is 5.56 Å². The number of aromatic hydroxyl groups is 1. The maximum atomic E-state index is 12.0. The minimum Gasteiger partial charge on any atom is -0.507 e. The summed E-state index contributed by atoms with van der Waals surface area (Å²) in [5.74, 6) is 0.0496. The lowest BCUT2D eigenvalue weighted by Crippen LogP contribution is -2.05. The molecule has 20 heavy (non-hydrogen) atoms. The summed E-state index contributed by atoms with van der Waals surface area (Å²) in [6, 6.07) is 12.1. The van der Waals surface area contributed by atoms with Crippen molar-refractivity contribution in [3.63, 3.8) is 0 Å². The van der Waals surface area contributed by atoms with Crippen LogP contribution in [0.3, 0.4) is 0 Å². The van der Waals surface area contributed by atoms with E-state index in [1.54, 1.807) is 0 Å². The average Bonchev–Trinajstić information content (AvgIpc) is 2.92. The van der Waals surface area contributed by atoms with Crippen molar-refractivity contribution in [1.29, 1.82) is 0 Å². The van der Waals surface area contributed by atoms with E-state index in [0.29, 0.717) is 11.5 Å². The van der Waals surface area contributed by atoms with Crippen LogP contribution in [0.1, 0.15) is 15.9 Å². The zero-order valence-corrected chi connectivity index (χ0v) is 10.5. The number of carbonyl (C=O) groups excluding carboxylic acids is 1. The summed E-state index contributed by atoms with van der Waals surface area (Å²) in [4.78, 5) is 12.0. The van der Waals surface area contributed by atoms with Gasteiger partial charge in [0, 0.05) is 12.1 Å². The van der Waals surface area contributed by atoms with Gasteiger partial charge in [0.15, 0.2) is 11.5 Å². The van der Waals surface area contributed by atoms with Gasteiger partial charge in [-0.3, -0.25) is 0 Å². The van der Waals surface area contributed by atoms with Crippen molar-refractivity contribution in [3.8, 4) is 17.2 Å². The summed E-state index contributed by atoms with van der Waals surface area (Å²) < 4.78 is 15.4. The molecule has 2 aromatic carbocycles. The molecule has 0 amide bonds. The van der Waals surface area contributed by atoms with E-state index in [2.05, 4.69) is 0 Å². The Morgan fingerprint density at radius 3 is 2.60 bits per heavy atom. The van der Waals surface area contributed by atoms with E-state index in [4.69, 9.17) is 14.2 Å². The highest BCUT2D eigenvalue weighted by Gasteiger charge is 2.21. The number of hydrogen-bond acceptors (Lipinski definition) is 5. The Morgan fingerprint density at radius 1 is 1.15 bits per heavy atom. The number of benzene rings is 2. The second-order valence-electron chi connectivity index (χ2n) is 4.28. The molecule has 1 aliphatic rings. The fourth-order valence-electron chi connectivity index (χ4n) is 1.90. The van der Waals surface area contributed by atoms with Crippen LogP contribution in [0, 0.1) is 0 Å². The number of fused-ring (bicyclic) bond motifs is 1. The quantitative estimate of drug-likeness (QED) is 0.869. The largest absolute Gasteiger partial charge is 0.507 e. The monoisotopic (exact) mass is 272 g/mol. The maximum absolute atomic E-state index is 12.0. The van der Waals surface area contributed by atoms with Gasteiger partial charge in [-0.1, -0.05) is 30.3 Å². The molecule has 1 aliphatic heterocycles. The Morgan fingerprint density at radius 2 is 1.85 bits per heavy atom. The first kappa shape index (κ1) is 12.3. The standard InChI is InChI=1S/C15H12O5/c16-12-7-14-13(19-9-20-14)6-11(12)15(17)18-8-10-4-2-1-3-5-10/h1-7,16H,8-9H2. The molecule has 0 bridgehead atoms. The first-order valence-corrected chi connectivity index (χ1v) is 6.08. The van der Waals surface area contributed by atoms with Crippen molar-refractivity contribution < 1.29 is 24.1 Å². The first-order chi connectivity index (χ1) is 9.74. The number of phenols is 1. The van der Waals surface area contributed by atoms with Crippen molar-refractivity contribution in [2.24, 2.45) is 0 Å². The van der Waals surface area contributed by atoms with Crippen molar-refractivity contribution in [2.45, 2.75) is 6.61 Å². The zero-order chi connectivity index (χ0) is 13.9. The van der Waals surface area contributed by atoms with E-state index in [9.17, 15) is 9.90 Å². The molecule has 0 radical (unpaired) electrons. The molecule has 0 spiro atoms. The number of rotatable bonds is 3. The van der Waals surface area contributed by atoms with Crippen molar-refractivity contribution in [1.82, 2.24) is 0 Å². The van der Waals surface area contributed by atoms with Gasteiger partial charge in [-0.15, -0.1) is 0 Å². The van der Waals surface area contributed by atoms with Crippen molar-refractivity contribution in [3.05, 3.63) is 53.6 Å². The molecule has 102 valence electrons. The highest BCUT2D eigenvalue weighted by atomic mass is 16.7. The van der Waals surface area contributed by atoms with E-state index in [1.165, 1.54) is 12.1 Å². The number of ether oxygens (including phenoxy) is 3. The molecule has 5 heteroatoms. The lowest BCUT2D eigenvalue weighted by atomic mass is 10.1. The third-order valence-corrected chi connectivity index (χ3v) is 2.92. The van der Waals surface area contributed by atoms with Gasteiger partial charge >= 0.3 is 5.97 Å². The average molecular weight is 272 g/mol. The van der Waals surface area contributed by atoms with Crippen LogP contribution in [-0.2, 0) is 11.3 Å². The Labute approximate surface area is 115 Å². The summed E-state index contributed by atoms with van der Waals surface area (Å²) in [6.07, 6.45) is 0. The van der Waals surface area contributed by atoms with Gasteiger partial charge in [0.2, 0.25) is 6.79 Å². The van der Waals surface area contributed by atoms with E-state index in [0.717, 1.165) is 5.56 Å². The van der Waals surface area contributed by atoms with E-state index >= 15 is 0 Å². The Kier molecular flexibility index (Phi) is 3.16. The Hall–Kier alpha value is -2.69. The van der Waals surface area contributed by atoms with Crippen LogP contribution in [0.5, 0.6) is 17.2 Å². The van der Waals surface area contributed by atoms with Crippen LogP contribution in [0.4, 0.5) is 0 Å². The molecule has 0 unspecified atom stereocenters. The zero-order valence-electron chi connectivity index (χ0n) is 10.5. The smallest absolute Gasteiger partial charge is 0.342 e. The third kappa shape index (κ3) is 2.38. The number of hydrogen-bond donors (Lipinski definition) is 1. The molecule has 0 aliphatic carbocycles. The number of esters is 1. The van der Waals surface area contributed by atoms with Gasteiger partial charge < -0.3 is 19.3 Å². The van der Waals surface area contributed by atoms with Crippen LogP contribution in [0.2, 0.25) is 0 Å². The van der Waals surface area contributed by atoms with Gasteiger partial charge in [0.05, 0.1) is 0 Å². The van der Waals surface area contributed by atoms with Gasteiger partial charge in [-0.25, -0.2) is 4.79 Å². The molecule has 0 fully saturated rings. The fraction of sp³-hybridized carbons (Fsp3) is 0.133. The number of carbonyl (C=O) groups is 1. The molecule has 5 nitrogen and oxygen atoms in total. The minimum atomic E-state index is -0.607. The summed E-state index contributed by atoms with van der Waals surface area (Å²) >= 11 is 0. The first-order valence-electron chi connectivity index (χ1n) is 6.08. The predicted octanol–water partition coefficient (Wildman–Crippen LogP) is 2.48. The highest BCUT2D eigenvalue weighted by molar-refractivity contribution is 5.93. The Balaban J connectivity index is 1.74. The molecular formula is C15H12O5. The van der Waals surface area contributed by atoms with Crippen LogP contribution >= 0.6 is 0 Å². The van der Waals surface area contributed by atoms with Crippen LogP contribution in [0.25, 0.3) is 0 Å². The molecule has 1 N–H and O–H groups in total. The highest BCUT2D eigenvalue weighted by Crippen LogP contribution is 2.37. The molecule has 0 aromatic heterocycles. The third-order valence-electron chi connectivity index (χ3n) is 2.92. The van der Waals surface area contributed by atoms with Crippen molar-refractivity contribution >= 4 is 5.97 Å². The van der Waals surface area contributed by atoms with Gasteiger partial charge in [0.1, 0.15) is 17.9 Å². The molecule has 0 saturated carbocycles. The van der Waals surface area contributed by atoms with E-state index in [-0.39, 0.29) is 24.7 Å². The van der Waals surface area contributed by atoms with Crippen LogP contribution in [-0.4, -0.2) is 17.9 Å². The second-order valence-corrected chi connectivity index (χ2v) is 4.28. The van der Waals surface area contributed by atoms with E-state index < -0.39 is 5.97 Å². The molecule has 0 atom stereocenters. The predicted molar refractivity (Wildman–Crippen MR) is 69.8 cm³/mol. The summed E-state index contributed by atoms with van der Waals surface area (Å²) in [5.41, 5.74) is 0.936.